The van der Waals surface area contributed by atoms with Gasteiger partial charge in [-0.05, 0) is 106 Å². The summed E-state index contributed by atoms with van der Waals surface area (Å²) in [4.78, 5) is 2.45. The molecule has 0 bridgehead atoms. The van der Waals surface area contributed by atoms with E-state index in [1.165, 1.54) is 66.4 Å². The fraction of sp³-hybridized carbons (Fsp3) is 0.133. The molecule has 2 aromatic heterocycles. The summed E-state index contributed by atoms with van der Waals surface area (Å²) < 4.78 is 13.0. The van der Waals surface area contributed by atoms with Gasteiger partial charge in [0.05, 0.1) is 0 Å². The maximum Gasteiger partial charge on any atom is 0.143 e. The van der Waals surface area contributed by atoms with Crippen LogP contribution in [-0.4, -0.2) is 0 Å². The van der Waals surface area contributed by atoms with Gasteiger partial charge < -0.3 is 13.7 Å². The molecule has 10 aromatic rings. The quantitative estimate of drug-likeness (QED) is 0.173. The molecule has 0 aliphatic heterocycles. The maximum atomic E-state index is 6.54. The van der Waals surface area contributed by atoms with Crippen LogP contribution in [0, 0.1) is 0 Å². The number of nitrogens with zero attached hydrogens (tertiary/aromatic N) is 1. The van der Waals surface area contributed by atoms with Gasteiger partial charge in [-0.2, -0.15) is 0 Å². The summed E-state index contributed by atoms with van der Waals surface area (Å²) in [5, 5.41) is 4.67. The van der Waals surface area contributed by atoms with Gasteiger partial charge in [0.1, 0.15) is 22.3 Å². The van der Waals surface area contributed by atoms with Crippen LogP contribution in [0.4, 0.5) is 17.1 Å². The molecule has 63 heavy (non-hydrogen) atoms. The normalized spacial score (nSPS) is 16.8. The predicted molar refractivity (Wildman–Crippen MR) is 262 cm³/mol. The Hall–Kier alpha value is -7.36. The second kappa shape index (κ2) is 13.1. The summed E-state index contributed by atoms with van der Waals surface area (Å²) in [6, 6.07) is 62.0. The topological polar surface area (TPSA) is 29.5 Å². The van der Waals surface area contributed by atoms with Crippen molar-refractivity contribution in [1.29, 1.82) is 0 Å². The molecule has 0 saturated carbocycles. The molecule has 8 aromatic carbocycles. The Morgan fingerprint density at radius 3 is 1.76 bits per heavy atom. The number of hydrogen-bond donors (Lipinski definition) is 0. The molecular formula is C60H45NO2. The fourth-order valence-corrected chi connectivity index (χ4v) is 11.4. The summed E-state index contributed by atoms with van der Waals surface area (Å²) in [7, 11) is 0. The lowest BCUT2D eigenvalue weighted by molar-refractivity contribution is 0.587. The number of furan rings is 2. The van der Waals surface area contributed by atoms with E-state index in [1.54, 1.807) is 0 Å². The van der Waals surface area contributed by atoms with Crippen molar-refractivity contribution in [3.8, 4) is 22.3 Å². The van der Waals surface area contributed by atoms with Gasteiger partial charge in [0.25, 0.3) is 0 Å². The first-order valence-electron chi connectivity index (χ1n) is 22.3. The number of hydrogen-bond acceptors (Lipinski definition) is 3. The zero-order chi connectivity index (χ0) is 42.2. The van der Waals surface area contributed by atoms with Crippen molar-refractivity contribution in [3.63, 3.8) is 0 Å². The van der Waals surface area contributed by atoms with E-state index in [9.17, 15) is 0 Å². The Kier molecular flexibility index (Phi) is 7.54. The highest BCUT2D eigenvalue weighted by atomic mass is 16.3. The maximum absolute atomic E-state index is 6.54. The van der Waals surface area contributed by atoms with Crippen molar-refractivity contribution < 1.29 is 8.83 Å². The molecule has 0 spiro atoms. The summed E-state index contributed by atoms with van der Waals surface area (Å²) in [5.74, 6) is 0.232. The fourth-order valence-electron chi connectivity index (χ4n) is 11.4. The van der Waals surface area contributed by atoms with Crippen LogP contribution < -0.4 is 4.90 Å². The molecule has 13 rings (SSSR count). The summed E-state index contributed by atoms with van der Waals surface area (Å²) in [6.45, 7) is 9.59. The van der Waals surface area contributed by atoms with Crippen LogP contribution in [-0.2, 0) is 10.8 Å². The van der Waals surface area contributed by atoms with Gasteiger partial charge in [-0.25, -0.2) is 0 Å². The van der Waals surface area contributed by atoms with E-state index in [1.807, 2.05) is 6.07 Å². The summed E-state index contributed by atoms with van der Waals surface area (Å²) in [5.41, 5.74) is 21.3. The first kappa shape index (κ1) is 36.3. The van der Waals surface area contributed by atoms with Crippen molar-refractivity contribution in [2.24, 2.45) is 0 Å². The first-order chi connectivity index (χ1) is 30.7. The number of allylic oxidation sites excluding steroid dienone is 4. The van der Waals surface area contributed by atoms with Crippen molar-refractivity contribution in [3.05, 3.63) is 215 Å². The van der Waals surface area contributed by atoms with E-state index in [2.05, 4.69) is 209 Å². The number of rotatable bonds is 5. The van der Waals surface area contributed by atoms with E-state index in [0.717, 1.165) is 62.2 Å². The molecule has 0 radical (unpaired) electrons. The monoisotopic (exact) mass is 811 g/mol. The van der Waals surface area contributed by atoms with Crippen LogP contribution in [0.5, 0.6) is 0 Å². The smallest absolute Gasteiger partial charge is 0.143 e. The summed E-state index contributed by atoms with van der Waals surface area (Å²) >= 11 is 0. The molecule has 0 N–H and O–H groups in total. The van der Waals surface area contributed by atoms with Crippen LogP contribution in [0.1, 0.15) is 67.9 Å². The molecule has 3 nitrogen and oxygen atoms in total. The van der Waals surface area contributed by atoms with Gasteiger partial charge in [0, 0.05) is 66.5 Å². The number of para-hydroxylation sites is 5. The highest BCUT2D eigenvalue weighted by molar-refractivity contribution is 6.10. The predicted octanol–water partition coefficient (Wildman–Crippen LogP) is 16.7. The van der Waals surface area contributed by atoms with E-state index >= 15 is 0 Å². The standard InChI is InChI=1S/C60H45NO2/c1-59(2)51-32-36(41-18-12-20-49-47-16-8-10-22-55(47)62-57(41)49)24-28-43(51)45-30-26-39(34-53(45)59)61(38-14-6-5-7-15-38)40-27-31-46-44-29-25-37(33-52(44)60(3,4)54(46)35-40)42-19-13-21-50-48-17-9-11-23-56(48)63-58(42)50/h5-32,34-35,37H,33H2,1-4H3. The van der Waals surface area contributed by atoms with Crippen LogP contribution in [0.2, 0.25) is 0 Å². The largest absolute Gasteiger partial charge is 0.456 e. The van der Waals surface area contributed by atoms with Crippen molar-refractivity contribution in [1.82, 2.24) is 0 Å². The number of fused-ring (bicyclic) bond motifs is 11. The van der Waals surface area contributed by atoms with Crippen LogP contribution >= 0.6 is 0 Å². The lowest BCUT2D eigenvalue weighted by Crippen LogP contribution is -2.20. The summed E-state index contributed by atoms with van der Waals surface area (Å²) in [6.07, 6.45) is 5.75. The average molecular weight is 812 g/mol. The third-order valence-electron chi connectivity index (χ3n) is 14.7. The van der Waals surface area contributed by atoms with Crippen LogP contribution in [0.25, 0.3) is 71.7 Å². The Balaban J connectivity index is 0.863. The number of anilines is 3. The molecule has 302 valence electrons. The minimum atomic E-state index is -0.223. The molecule has 0 saturated heterocycles. The van der Waals surface area contributed by atoms with E-state index < -0.39 is 0 Å². The van der Waals surface area contributed by atoms with Crippen LogP contribution in [0.15, 0.2) is 196 Å². The van der Waals surface area contributed by atoms with Crippen molar-refractivity contribution >= 4 is 66.5 Å². The van der Waals surface area contributed by atoms with Gasteiger partial charge >= 0.3 is 0 Å². The van der Waals surface area contributed by atoms with Gasteiger partial charge in [-0.3, -0.25) is 0 Å². The second-order valence-corrected chi connectivity index (χ2v) is 18.8. The molecule has 0 amide bonds. The molecule has 3 aliphatic carbocycles. The molecule has 3 aliphatic rings. The Morgan fingerprint density at radius 1 is 0.460 bits per heavy atom. The van der Waals surface area contributed by atoms with Gasteiger partial charge in [-0.15, -0.1) is 0 Å². The highest BCUT2D eigenvalue weighted by Crippen LogP contribution is 2.56. The Labute approximate surface area is 367 Å². The lowest BCUT2D eigenvalue weighted by atomic mass is 9.75. The molecular weight excluding hydrogens is 767 g/mol. The zero-order valence-corrected chi connectivity index (χ0v) is 35.9. The van der Waals surface area contributed by atoms with Crippen molar-refractivity contribution in [2.75, 3.05) is 4.90 Å². The van der Waals surface area contributed by atoms with E-state index in [0.29, 0.717) is 0 Å². The SMILES string of the molecule is CC1(C)C2=C(C=CC(c3cccc4c3oc3ccccc34)C2)c2ccc(N(c3ccccc3)c3ccc4c(c3)C(C)(C)c3cc(-c5cccc6c5oc5ccccc56)ccc3-4)cc21. The second-order valence-electron chi connectivity index (χ2n) is 18.8. The third kappa shape index (κ3) is 5.20. The van der Waals surface area contributed by atoms with Gasteiger partial charge in [0.15, 0.2) is 0 Å². The van der Waals surface area contributed by atoms with Crippen molar-refractivity contribution in [2.45, 2.75) is 50.9 Å². The lowest BCUT2D eigenvalue weighted by Gasteiger charge is -2.31. The molecule has 2 heterocycles. The minimum Gasteiger partial charge on any atom is -0.456 e. The molecule has 0 fully saturated rings. The third-order valence-corrected chi connectivity index (χ3v) is 14.7. The van der Waals surface area contributed by atoms with Gasteiger partial charge in [0.2, 0.25) is 0 Å². The van der Waals surface area contributed by atoms with Crippen LogP contribution in [0.3, 0.4) is 0 Å². The average Bonchev–Trinajstić information content (AvgIpc) is 4.02. The van der Waals surface area contributed by atoms with E-state index in [4.69, 9.17) is 8.83 Å². The number of benzene rings is 8. The molecule has 1 atom stereocenters. The minimum absolute atomic E-state index is 0.153. The zero-order valence-electron chi connectivity index (χ0n) is 35.9. The van der Waals surface area contributed by atoms with Gasteiger partial charge in [-0.1, -0.05) is 161 Å². The highest BCUT2D eigenvalue weighted by Gasteiger charge is 2.41. The Bertz CT molecular complexity index is 3610. The molecule has 3 heteroatoms. The van der Waals surface area contributed by atoms with E-state index in [-0.39, 0.29) is 16.7 Å². The Morgan fingerprint density at radius 2 is 1.03 bits per heavy atom. The first-order valence-corrected chi connectivity index (χ1v) is 22.3. The molecule has 1 unspecified atom stereocenters.